The summed E-state index contributed by atoms with van der Waals surface area (Å²) in [6, 6.07) is 8.90. The van der Waals surface area contributed by atoms with Crippen molar-refractivity contribution in [2.45, 2.75) is 44.5 Å². The molecule has 0 saturated carbocycles. The van der Waals surface area contributed by atoms with E-state index in [1.807, 2.05) is 37.3 Å². The highest BCUT2D eigenvalue weighted by Crippen LogP contribution is 2.35. The molecule has 0 spiro atoms. The molecule has 0 aromatic heterocycles. The highest BCUT2D eigenvalue weighted by Gasteiger charge is 2.43. The van der Waals surface area contributed by atoms with Gasteiger partial charge in [-0.1, -0.05) is 37.3 Å². The van der Waals surface area contributed by atoms with Crippen LogP contribution in [0.5, 0.6) is 0 Å². The molecular weight excluding hydrogens is 279 g/mol. The number of hydrogen-bond donors (Lipinski definition) is 1. The van der Waals surface area contributed by atoms with Crippen molar-refractivity contribution in [3.63, 3.8) is 0 Å². The maximum atomic E-state index is 12.9. The lowest BCUT2D eigenvalue weighted by Gasteiger charge is -2.40. The van der Waals surface area contributed by atoms with Gasteiger partial charge in [0.05, 0.1) is 12.0 Å². The summed E-state index contributed by atoms with van der Waals surface area (Å²) < 4.78 is 38.8. The molecule has 0 radical (unpaired) electrons. The number of aliphatic hydroxyl groups excluding tert-OH is 1. The Morgan fingerprint density at radius 3 is 2.52 bits per heavy atom. The fraction of sp³-hybridized carbons (Fsp3) is 0.625. The van der Waals surface area contributed by atoms with Crippen LogP contribution in [0, 0.1) is 5.92 Å². The molecule has 118 valence electrons. The topological polar surface area (TPSA) is 23.5 Å². The van der Waals surface area contributed by atoms with E-state index in [9.17, 15) is 18.3 Å². The van der Waals surface area contributed by atoms with Crippen molar-refractivity contribution in [3.05, 3.63) is 35.9 Å². The standard InChI is InChI=1S/C16H22F3NO/c1-2-14(15(21)12-7-4-3-5-8-12)20-10-6-9-13(11-20)16(17,18)19/h3-5,7-8,13-15,21H,2,6,9-11H2,1H3. The molecule has 0 aliphatic carbocycles. The van der Waals surface area contributed by atoms with Gasteiger partial charge in [0.2, 0.25) is 0 Å². The predicted octanol–water partition coefficient (Wildman–Crippen LogP) is 3.77. The van der Waals surface area contributed by atoms with Crippen LogP contribution >= 0.6 is 0 Å². The number of benzene rings is 1. The van der Waals surface area contributed by atoms with Gasteiger partial charge in [-0.2, -0.15) is 13.2 Å². The molecule has 3 unspecified atom stereocenters. The first kappa shape index (κ1) is 16.3. The predicted molar refractivity (Wildman–Crippen MR) is 75.8 cm³/mol. The molecule has 3 atom stereocenters. The van der Waals surface area contributed by atoms with Crippen molar-refractivity contribution < 1.29 is 18.3 Å². The molecule has 1 aromatic carbocycles. The van der Waals surface area contributed by atoms with Gasteiger partial charge in [0.15, 0.2) is 0 Å². The van der Waals surface area contributed by atoms with E-state index in [4.69, 9.17) is 0 Å². The van der Waals surface area contributed by atoms with E-state index >= 15 is 0 Å². The second kappa shape index (κ2) is 6.79. The summed E-state index contributed by atoms with van der Waals surface area (Å²) in [5, 5.41) is 10.5. The lowest BCUT2D eigenvalue weighted by atomic mass is 9.92. The van der Waals surface area contributed by atoms with Gasteiger partial charge in [-0.3, -0.25) is 4.90 Å². The van der Waals surface area contributed by atoms with E-state index in [0.717, 1.165) is 5.56 Å². The number of alkyl halides is 3. The molecular formula is C16H22F3NO. The number of aliphatic hydroxyl groups is 1. The van der Waals surface area contributed by atoms with Crippen LogP contribution in [0.1, 0.15) is 37.9 Å². The van der Waals surface area contributed by atoms with E-state index in [0.29, 0.717) is 19.4 Å². The summed E-state index contributed by atoms with van der Waals surface area (Å²) in [7, 11) is 0. The number of likely N-dealkylation sites (tertiary alicyclic amines) is 1. The van der Waals surface area contributed by atoms with Gasteiger partial charge in [0, 0.05) is 12.6 Å². The third-order valence-electron chi connectivity index (χ3n) is 4.31. The molecule has 1 aromatic rings. The van der Waals surface area contributed by atoms with Crippen LogP contribution < -0.4 is 0 Å². The fourth-order valence-corrected chi connectivity index (χ4v) is 3.13. The van der Waals surface area contributed by atoms with E-state index in [1.54, 1.807) is 4.90 Å². The Bertz CT molecular complexity index is 435. The van der Waals surface area contributed by atoms with Crippen molar-refractivity contribution in [2.75, 3.05) is 13.1 Å². The molecule has 1 heterocycles. The van der Waals surface area contributed by atoms with Gasteiger partial charge in [0.25, 0.3) is 0 Å². The Kier molecular flexibility index (Phi) is 5.27. The highest BCUT2D eigenvalue weighted by atomic mass is 19.4. The summed E-state index contributed by atoms with van der Waals surface area (Å²) in [6.07, 6.45) is -3.54. The highest BCUT2D eigenvalue weighted by molar-refractivity contribution is 5.19. The first-order valence-electron chi connectivity index (χ1n) is 7.47. The van der Waals surface area contributed by atoms with Crippen molar-refractivity contribution in [1.29, 1.82) is 0 Å². The molecule has 2 nitrogen and oxygen atoms in total. The molecule has 0 amide bonds. The second-order valence-electron chi connectivity index (χ2n) is 5.71. The zero-order chi connectivity index (χ0) is 15.5. The smallest absolute Gasteiger partial charge is 0.387 e. The van der Waals surface area contributed by atoms with Crippen molar-refractivity contribution in [2.24, 2.45) is 5.92 Å². The summed E-state index contributed by atoms with van der Waals surface area (Å²) in [4.78, 5) is 1.80. The largest absolute Gasteiger partial charge is 0.393 e. The van der Waals surface area contributed by atoms with Crippen LogP contribution in [0.3, 0.4) is 0 Å². The Morgan fingerprint density at radius 2 is 1.95 bits per heavy atom. The van der Waals surface area contributed by atoms with E-state index in [2.05, 4.69) is 0 Å². The maximum absolute atomic E-state index is 12.9. The van der Waals surface area contributed by atoms with Gasteiger partial charge < -0.3 is 5.11 Å². The summed E-state index contributed by atoms with van der Waals surface area (Å²) >= 11 is 0. The molecule has 21 heavy (non-hydrogen) atoms. The van der Waals surface area contributed by atoms with E-state index in [1.165, 1.54) is 0 Å². The van der Waals surface area contributed by atoms with Gasteiger partial charge in [-0.05, 0) is 31.4 Å². The van der Waals surface area contributed by atoms with Crippen LogP contribution in [-0.2, 0) is 0 Å². The van der Waals surface area contributed by atoms with Gasteiger partial charge in [0.1, 0.15) is 0 Å². The average molecular weight is 301 g/mol. The van der Waals surface area contributed by atoms with Gasteiger partial charge in [-0.25, -0.2) is 0 Å². The third-order valence-corrected chi connectivity index (χ3v) is 4.31. The fourth-order valence-electron chi connectivity index (χ4n) is 3.13. The molecule has 1 fully saturated rings. The quantitative estimate of drug-likeness (QED) is 0.915. The number of rotatable bonds is 4. The second-order valence-corrected chi connectivity index (χ2v) is 5.71. The zero-order valence-electron chi connectivity index (χ0n) is 12.2. The number of piperidine rings is 1. The van der Waals surface area contributed by atoms with Crippen LogP contribution in [0.15, 0.2) is 30.3 Å². The van der Waals surface area contributed by atoms with Crippen LogP contribution in [-0.4, -0.2) is 35.3 Å². The maximum Gasteiger partial charge on any atom is 0.393 e. The average Bonchev–Trinajstić information content (AvgIpc) is 2.48. The molecule has 1 N–H and O–H groups in total. The van der Waals surface area contributed by atoms with Crippen molar-refractivity contribution in [3.8, 4) is 0 Å². The minimum atomic E-state index is -4.14. The van der Waals surface area contributed by atoms with Crippen molar-refractivity contribution >= 4 is 0 Å². The Morgan fingerprint density at radius 1 is 1.29 bits per heavy atom. The molecule has 2 rings (SSSR count). The van der Waals surface area contributed by atoms with Crippen LogP contribution in [0.4, 0.5) is 13.2 Å². The molecule has 1 saturated heterocycles. The minimum absolute atomic E-state index is 0.00804. The molecule has 1 aliphatic rings. The van der Waals surface area contributed by atoms with Gasteiger partial charge >= 0.3 is 6.18 Å². The number of halogens is 3. The first-order chi connectivity index (χ1) is 9.93. The summed E-state index contributed by atoms with van der Waals surface area (Å²) in [5.41, 5.74) is 0.762. The Labute approximate surface area is 123 Å². The molecule has 1 aliphatic heterocycles. The molecule has 0 bridgehead atoms. The normalized spacial score (nSPS) is 23.8. The Balaban J connectivity index is 2.10. The monoisotopic (exact) mass is 301 g/mol. The lowest BCUT2D eigenvalue weighted by molar-refractivity contribution is -0.190. The van der Waals surface area contributed by atoms with E-state index < -0.39 is 18.2 Å². The van der Waals surface area contributed by atoms with Crippen LogP contribution in [0.25, 0.3) is 0 Å². The summed E-state index contributed by atoms with van der Waals surface area (Å²) in [6.45, 7) is 2.52. The number of nitrogens with zero attached hydrogens (tertiary/aromatic N) is 1. The van der Waals surface area contributed by atoms with Crippen LogP contribution in [0.2, 0.25) is 0 Å². The van der Waals surface area contributed by atoms with Crippen molar-refractivity contribution in [1.82, 2.24) is 4.90 Å². The van der Waals surface area contributed by atoms with Gasteiger partial charge in [-0.15, -0.1) is 0 Å². The Hall–Kier alpha value is -1.07. The molecule has 5 heteroatoms. The van der Waals surface area contributed by atoms with E-state index in [-0.39, 0.29) is 19.0 Å². The SMILES string of the molecule is CCC(C(O)c1ccccc1)N1CCCC(C(F)(F)F)C1. The lowest BCUT2D eigenvalue weighted by Crippen LogP contribution is -2.48. The minimum Gasteiger partial charge on any atom is -0.387 e. The number of hydrogen-bond acceptors (Lipinski definition) is 2. The first-order valence-corrected chi connectivity index (χ1v) is 7.47. The summed E-state index contributed by atoms with van der Waals surface area (Å²) in [5.74, 6) is -1.27. The zero-order valence-corrected chi connectivity index (χ0v) is 12.2. The third kappa shape index (κ3) is 3.98.